The fraction of sp³-hybridized carbons (Fsp3) is 0.474. The number of anilines is 1. The number of carbonyl (C=O) groups is 1. The summed E-state index contributed by atoms with van der Waals surface area (Å²) in [5.74, 6) is -0.387. The van der Waals surface area contributed by atoms with E-state index in [4.69, 9.17) is 4.74 Å². The van der Waals surface area contributed by atoms with Crippen LogP contribution in [-0.2, 0) is 6.18 Å². The van der Waals surface area contributed by atoms with Crippen LogP contribution in [0, 0.1) is 0 Å². The van der Waals surface area contributed by atoms with E-state index in [1.807, 2.05) is 6.92 Å². The maximum absolute atomic E-state index is 13.0. The van der Waals surface area contributed by atoms with Gasteiger partial charge in [0.25, 0.3) is 5.91 Å². The molecular weight excluding hydrogens is 373 g/mol. The molecule has 1 aliphatic rings. The Morgan fingerprint density at radius 2 is 2.21 bits per heavy atom. The van der Waals surface area contributed by atoms with Gasteiger partial charge in [0.15, 0.2) is 5.69 Å². The van der Waals surface area contributed by atoms with Crippen LogP contribution in [-0.4, -0.2) is 35.4 Å². The Labute approximate surface area is 161 Å². The minimum atomic E-state index is -4.52. The lowest BCUT2D eigenvalue weighted by atomic mass is 10.1. The van der Waals surface area contributed by atoms with Gasteiger partial charge >= 0.3 is 6.18 Å². The van der Waals surface area contributed by atoms with Crippen molar-refractivity contribution in [2.24, 2.45) is 0 Å². The molecule has 28 heavy (non-hydrogen) atoms. The van der Waals surface area contributed by atoms with Crippen molar-refractivity contribution in [1.82, 2.24) is 15.1 Å². The van der Waals surface area contributed by atoms with Gasteiger partial charge < -0.3 is 15.4 Å². The molecule has 9 heteroatoms. The van der Waals surface area contributed by atoms with Gasteiger partial charge in [0.05, 0.1) is 23.9 Å². The minimum Gasteiger partial charge on any atom is -0.491 e. The van der Waals surface area contributed by atoms with Gasteiger partial charge in [-0.05, 0) is 50.1 Å². The molecule has 1 saturated heterocycles. The normalized spacial score (nSPS) is 17.4. The number of rotatable bonds is 6. The van der Waals surface area contributed by atoms with E-state index in [1.165, 1.54) is 6.07 Å². The van der Waals surface area contributed by atoms with Crippen LogP contribution in [0.5, 0.6) is 5.75 Å². The van der Waals surface area contributed by atoms with Crippen molar-refractivity contribution in [2.75, 3.05) is 25.0 Å². The fourth-order valence-electron chi connectivity index (χ4n) is 3.05. The standard InChI is InChI=1S/C19H23F3N4O2/c1-2-10-28-17-6-5-13(19(20,21)22)11-16(17)24-18(27)15-7-9-26(25-15)14-4-3-8-23-12-14/h5-7,9,11,14,23H,2-4,8,10,12H2,1H3,(H,24,27). The van der Waals surface area contributed by atoms with E-state index in [1.54, 1.807) is 16.9 Å². The summed E-state index contributed by atoms with van der Waals surface area (Å²) >= 11 is 0. The fourth-order valence-corrected chi connectivity index (χ4v) is 3.05. The van der Waals surface area contributed by atoms with Gasteiger partial charge in [-0.3, -0.25) is 9.48 Å². The predicted molar refractivity (Wildman–Crippen MR) is 98.6 cm³/mol. The molecular formula is C19H23F3N4O2. The highest BCUT2D eigenvalue weighted by molar-refractivity contribution is 6.03. The summed E-state index contributed by atoms with van der Waals surface area (Å²) in [6.45, 7) is 3.94. The Kier molecular flexibility index (Phi) is 6.23. The molecule has 1 unspecified atom stereocenters. The molecule has 1 aromatic heterocycles. The van der Waals surface area contributed by atoms with Crippen molar-refractivity contribution < 1.29 is 22.7 Å². The van der Waals surface area contributed by atoms with Gasteiger partial charge in [-0.25, -0.2) is 0 Å². The molecule has 6 nitrogen and oxygen atoms in total. The maximum Gasteiger partial charge on any atom is 0.416 e. The molecule has 3 rings (SSSR count). The summed E-state index contributed by atoms with van der Waals surface area (Å²) in [4.78, 5) is 12.6. The maximum atomic E-state index is 13.0. The van der Waals surface area contributed by atoms with Gasteiger partial charge in [0, 0.05) is 12.7 Å². The molecule has 2 heterocycles. The zero-order valence-corrected chi connectivity index (χ0v) is 15.6. The van der Waals surface area contributed by atoms with Gasteiger partial charge in [-0.1, -0.05) is 6.92 Å². The third kappa shape index (κ3) is 4.83. The number of aromatic nitrogens is 2. The number of nitrogens with one attached hydrogen (secondary N) is 2. The highest BCUT2D eigenvalue weighted by Crippen LogP contribution is 2.35. The summed E-state index contributed by atoms with van der Waals surface area (Å²) in [6.07, 6.45) is -0.132. The summed E-state index contributed by atoms with van der Waals surface area (Å²) in [5, 5.41) is 10.1. The average molecular weight is 396 g/mol. The second-order valence-corrected chi connectivity index (χ2v) is 6.69. The largest absolute Gasteiger partial charge is 0.491 e. The van der Waals surface area contributed by atoms with Crippen LogP contribution in [0.3, 0.4) is 0 Å². The third-order valence-corrected chi connectivity index (χ3v) is 4.50. The summed E-state index contributed by atoms with van der Waals surface area (Å²) in [7, 11) is 0. The number of nitrogens with zero attached hydrogens (tertiary/aromatic N) is 2. The third-order valence-electron chi connectivity index (χ3n) is 4.50. The summed E-state index contributed by atoms with van der Waals surface area (Å²) < 4.78 is 46.3. The quantitative estimate of drug-likeness (QED) is 0.778. The van der Waals surface area contributed by atoms with Crippen molar-refractivity contribution >= 4 is 11.6 Å². The molecule has 1 atom stereocenters. The van der Waals surface area contributed by atoms with E-state index < -0.39 is 17.6 Å². The van der Waals surface area contributed by atoms with Crippen molar-refractivity contribution in [3.05, 3.63) is 41.7 Å². The van der Waals surface area contributed by atoms with Gasteiger partial charge in [-0.2, -0.15) is 18.3 Å². The number of amides is 1. The number of hydrogen-bond donors (Lipinski definition) is 2. The number of ether oxygens (including phenoxy) is 1. The molecule has 2 N–H and O–H groups in total. The van der Waals surface area contributed by atoms with Crippen molar-refractivity contribution in [1.29, 1.82) is 0 Å². The first-order valence-electron chi connectivity index (χ1n) is 9.29. The summed E-state index contributed by atoms with van der Waals surface area (Å²) in [5.41, 5.74) is -0.739. The monoisotopic (exact) mass is 396 g/mol. The lowest BCUT2D eigenvalue weighted by Gasteiger charge is -2.22. The minimum absolute atomic E-state index is 0.0258. The van der Waals surface area contributed by atoms with Crippen molar-refractivity contribution in [2.45, 2.75) is 38.4 Å². The van der Waals surface area contributed by atoms with Gasteiger partial charge in [0.1, 0.15) is 5.75 Å². The van der Waals surface area contributed by atoms with E-state index in [-0.39, 0.29) is 23.2 Å². The van der Waals surface area contributed by atoms with Crippen molar-refractivity contribution in [3.63, 3.8) is 0 Å². The second kappa shape index (κ2) is 8.64. The smallest absolute Gasteiger partial charge is 0.416 e. The van der Waals surface area contributed by atoms with Crippen LogP contribution in [0.25, 0.3) is 0 Å². The first kappa shape index (κ1) is 20.2. The van der Waals surface area contributed by atoms with Crippen LogP contribution in [0.1, 0.15) is 48.3 Å². The van der Waals surface area contributed by atoms with Gasteiger partial charge in [0.2, 0.25) is 0 Å². The highest BCUT2D eigenvalue weighted by atomic mass is 19.4. The Balaban J connectivity index is 1.79. The number of benzene rings is 1. The van der Waals surface area contributed by atoms with E-state index in [2.05, 4.69) is 15.7 Å². The molecule has 1 amide bonds. The van der Waals surface area contributed by atoms with E-state index in [0.29, 0.717) is 13.0 Å². The number of carbonyl (C=O) groups excluding carboxylic acids is 1. The van der Waals surface area contributed by atoms with Crippen LogP contribution < -0.4 is 15.4 Å². The number of piperidine rings is 1. The Bertz CT molecular complexity index is 814. The predicted octanol–water partition coefficient (Wildman–Crippen LogP) is 3.87. The van der Waals surface area contributed by atoms with Crippen LogP contribution in [0.4, 0.5) is 18.9 Å². The SMILES string of the molecule is CCCOc1ccc(C(F)(F)F)cc1NC(=O)c1ccn(C2CCCNC2)n1. The molecule has 2 aromatic rings. The molecule has 0 bridgehead atoms. The lowest BCUT2D eigenvalue weighted by molar-refractivity contribution is -0.137. The number of alkyl halides is 3. The van der Waals surface area contributed by atoms with Crippen molar-refractivity contribution in [3.8, 4) is 5.75 Å². The van der Waals surface area contributed by atoms with Crippen LogP contribution >= 0.6 is 0 Å². The number of hydrogen-bond acceptors (Lipinski definition) is 4. The second-order valence-electron chi connectivity index (χ2n) is 6.69. The highest BCUT2D eigenvalue weighted by Gasteiger charge is 2.31. The zero-order valence-electron chi connectivity index (χ0n) is 15.6. The Hall–Kier alpha value is -2.55. The summed E-state index contributed by atoms with van der Waals surface area (Å²) in [6, 6.07) is 4.76. The number of halogens is 3. The van der Waals surface area contributed by atoms with Crippen LogP contribution in [0.15, 0.2) is 30.5 Å². The molecule has 0 saturated carbocycles. The van der Waals surface area contributed by atoms with E-state index in [9.17, 15) is 18.0 Å². The van der Waals surface area contributed by atoms with Crippen LogP contribution in [0.2, 0.25) is 0 Å². The first-order chi connectivity index (χ1) is 13.4. The molecule has 0 radical (unpaired) electrons. The molecule has 1 fully saturated rings. The first-order valence-corrected chi connectivity index (χ1v) is 9.29. The van der Waals surface area contributed by atoms with Gasteiger partial charge in [-0.15, -0.1) is 0 Å². The lowest BCUT2D eigenvalue weighted by Crippen LogP contribution is -2.32. The molecule has 0 spiro atoms. The van der Waals surface area contributed by atoms with E-state index in [0.717, 1.165) is 38.1 Å². The topological polar surface area (TPSA) is 68.2 Å². The molecule has 1 aromatic carbocycles. The molecule has 1 aliphatic heterocycles. The molecule has 0 aliphatic carbocycles. The zero-order chi connectivity index (χ0) is 20.1. The Morgan fingerprint density at radius 1 is 1.39 bits per heavy atom. The van der Waals surface area contributed by atoms with E-state index >= 15 is 0 Å². The molecule has 152 valence electrons. The Morgan fingerprint density at radius 3 is 2.89 bits per heavy atom. The average Bonchev–Trinajstić information content (AvgIpc) is 3.17.